The van der Waals surface area contributed by atoms with Gasteiger partial charge in [-0.05, 0) is 18.4 Å². The molecule has 5 heteroatoms. The molecule has 1 fully saturated rings. The number of likely N-dealkylation sites (tertiary alicyclic amines) is 1. The molecule has 1 heterocycles. The Morgan fingerprint density at radius 1 is 1.45 bits per heavy atom. The average Bonchev–Trinajstić information content (AvgIpc) is 3.02. The number of nitrogens with zero attached hydrogens (tertiary/aromatic N) is 1. The summed E-state index contributed by atoms with van der Waals surface area (Å²) in [5.74, 6) is -0.406. The Kier molecular flexibility index (Phi) is 5.72. The molecule has 0 aliphatic carbocycles. The van der Waals surface area contributed by atoms with Gasteiger partial charge in [0.05, 0.1) is 7.11 Å². The highest BCUT2D eigenvalue weighted by atomic mass is 16.5. The van der Waals surface area contributed by atoms with E-state index in [-0.39, 0.29) is 17.9 Å². The number of hydrogen-bond acceptors (Lipinski definition) is 4. The van der Waals surface area contributed by atoms with Gasteiger partial charge in [-0.3, -0.25) is 14.5 Å². The summed E-state index contributed by atoms with van der Waals surface area (Å²) < 4.78 is 4.88. The molecule has 0 unspecified atom stereocenters. The number of carbonyl (C=O) groups excluding carboxylic acids is 2. The highest BCUT2D eigenvalue weighted by Gasteiger charge is 2.39. The molecule has 1 N–H and O–H groups in total. The van der Waals surface area contributed by atoms with Crippen LogP contribution in [0.15, 0.2) is 43.0 Å². The third-order valence-electron chi connectivity index (χ3n) is 3.88. The summed E-state index contributed by atoms with van der Waals surface area (Å²) in [7, 11) is 1.38. The SMILES string of the molecule is C=CCNC(=O)[C@@H](c1ccccc1)N1CCC[C@H]1C(=O)OC. The Morgan fingerprint density at radius 2 is 2.18 bits per heavy atom. The van der Waals surface area contributed by atoms with E-state index in [0.29, 0.717) is 19.5 Å². The van der Waals surface area contributed by atoms with E-state index in [4.69, 9.17) is 4.74 Å². The van der Waals surface area contributed by atoms with Gasteiger partial charge in [-0.15, -0.1) is 6.58 Å². The Morgan fingerprint density at radius 3 is 2.82 bits per heavy atom. The lowest BCUT2D eigenvalue weighted by atomic mass is 10.0. The van der Waals surface area contributed by atoms with Crippen molar-refractivity contribution in [2.24, 2.45) is 0 Å². The number of rotatable bonds is 6. The standard InChI is InChI=1S/C17H22N2O3/c1-3-11-18-16(20)15(13-8-5-4-6-9-13)19-12-7-10-14(19)17(21)22-2/h3-6,8-9,14-15H,1,7,10-12H2,2H3,(H,18,20)/t14-,15+/m0/s1. The minimum absolute atomic E-state index is 0.123. The molecule has 2 rings (SSSR count). The summed E-state index contributed by atoms with van der Waals surface area (Å²) in [4.78, 5) is 26.5. The lowest BCUT2D eigenvalue weighted by Gasteiger charge is -2.31. The monoisotopic (exact) mass is 302 g/mol. The molecule has 1 saturated heterocycles. The summed E-state index contributed by atoms with van der Waals surface area (Å²) in [5.41, 5.74) is 0.875. The fraction of sp³-hybridized carbons (Fsp3) is 0.412. The van der Waals surface area contributed by atoms with E-state index in [1.54, 1.807) is 6.08 Å². The van der Waals surface area contributed by atoms with E-state index < -0.39 is 6.04 Å². The van der Waals surface area contributed by atoms with E-state index >= 15 is 0 Å². The van der Waals surface area contributed by atoms with Gasteiger partial charge in [-0.2, -0.15) is 0 Å². The molecule has 1 aromatic rings. The van der Waals surface area contributed by atoms with Crippen LogP contribution in [0.2, 0.25) is 0 Å². The van der Waals surface area contributed by atoms with Crippen LogP contribution in [-0.4, -0.2) is 43.0 Å². The summed E-state index contributed by atoms with van der Waals surface area (Å²) >= 11 is 0. The molecule has 118 valence electrons. The summed E-state index contributed by atoms with van der Waals surface area (Å²) in [5, 5.41) is 2.83. The van der Waals surface area contributed by atoms with Crippen molar-refractivity contribution in [2.75, 3.05) is 20.2 Å². The van der Waals surface area contributed by atoms with Crippen molar-refractivity contribution in [2.45, 2.75) is 24.9 Å². The first-order valence-corrected chi connectivity index (χ1v) is 7.46. The highest BCUT2D eigenvalue weighted by Crippen LogP contribution is 2.30. The molecule has 0 spiro atoms. The van der Waals surface area contributed by atoms with Crippen LogP contribution in [0.5, 0.6) is 0 Å². The minimum Gasteiger partial charge on any atom is -0.468 e. The van der Waals surface area contributed by atoms with Crippen molar-refractivity contribution >= 4 is 11.9 Å². The summed E-state index contributed by atoms with van der Waals surface area (Å²) in [6.07, 6.45) is 3.23. The molecule has 5 nitrogen and oxygen atoms in total. The molecular weight excluding hydrogens is 280 g/mol. The number of methoxy groups -OCH3 is 1. The third kappa shape index (κ3) is 3.54. The van der Waals surface area contributed by atoms with Gasteiger partial charge >= 0.3 is 5.97 Å². The minimum atomic E-state index is -0.493. The van der Waals surface area contributed by atoms with E-state index in [0.717, 1.165) is 12.0 Å². The number of hydrogen-bond donors (Lipinski definition) is 1. The van der Waals surface area contributed by atoms with Crippen LogP contribution in [-0.2, 0) is 14.3 Å². The normalized spacial score (nSPS) is 19.4. The fourth-order valence-corrected chi connectivity index (χ4v) is 2.89. The van der Waals surface area contributed by atoms with Gasteiger partial charge in [0.15, 0.2) is 0 Å². The third-order valence-corrected chi connectivity index (χ3v) is 3.88. The Bertz CT molecular complexity index is 530. The maximum Gasteiger partial charge on any atom is 0.323 e. The zero-order valence-electron chi connectivity index (χ0n) is 12.8. The number of esters is 1. The largest absolute Gasteiger partial charge is 0.468 e. The van der Waals surface area contributed by atoms with Gasteiger partial charge in [0, 0.05) is 13.1 Å². The molecule has 0 bridgehead atoms. The lowest BCUT2D eigenvalue weighted by Crippen LogP contribution is -2.46. The Balaban J connectivity index is 2.29. The average molecular weight is 302 g/mol. The van der Waals surface area contributed by atoms with Crippen LogP contribution in [0.1, 0.15) is 24.4 Å². The predicted octanol–water partition coefficient (Wildman–Crippen LogP) is 1.67. The molecular formula is C17H22N2O3. The first-order valence-electron chi connectivity index (χ1n) is 7.46. The predicted molar refractivity (Wildman–Crippen MR) is 84.1 cm³/mol. The number of carbonyl (C=O) groups is 2. The maximum atomic E-state index is 12.6. The number of amides is 1. The van der Waals surface area contributed by atoms with Crippen molar-refractivity contribution in [1.82, 2.24) is 10.2 Å². The molecule has 1 amide bonds. The number of nitrogens with one attached hydrogen (secondary N) is 1. The maximum absolute atomic E-state index is 12.6. The molecule has 1 aliphatic heterocycles. The second-order valence-electron chi connectivity index (χ2n) is 5.27. The topological polar surface area (TPSA) is 58.6 Å². The van der Waals surface area contributed by atoms with Crippen LogP contribution in [0.25, 0.3) is 0 Å². The molecule has 1 aromatic carbocycles. The van der Waals surface area contributed by atoms with Gasteiger partial charge in [-0.25, -0.2) is 0 Å². The van der Waals surface area contributed by atoms with E-state index in [1.165, 1.54) is 7.11 Å². The van der Waals surface area contributed by atoms with Crippen molar-refractivity contribution in [1.29, 1.82) is 0 Å². The first-order chi connectivity index (χ1) is 10.7. The van der Waals surface area contributed by atoms with E-state index in [2.05, 4.69) is 11.9 Å². The van der Waals surface area contributed by atoms with Crippen LogP contribution in [0.3, 0.4) is 0 Å². The highest BCUT2D eigenvalue weighted by molar-refractivity contribution is 5.85. The van der Waals surface area contributed by atoms with Crippen molar-refractivity contribution in [3.63, 3.8) is 0 Å². The molecule has 2 atom stereocenters. The van der Waals surface area contributed by atoms with Crippen LogP contribution >= 0.6 is 0 Å². The quantitative estimate of drug-likeness (QED) is 0.641. The fourth-order valence-electron chi connectivity index (χ4n) is 2.89. The lowest BCUT2D eigenvalue weighted by molar-refractivity contribution is -0.147. The van der Waals surface area contributed by atoms with Crippen molar-refractivity contribution in [3.05, 3.63) is 48.6 Å². The first kappa shape index (κ1) is 16.2. The van der Waals surface area contributed by atoms with Gasteiger partial charge in [-0.1, -0.05) is 36.4 Å². The Hall–Kier alpha value is -2.14. The second kappa shape index (κ2) is 7.75. The van der Waals surface area contributed by atoms with Crippen LogP contribution < -0.4 is 5.32 Å². The van der Waals surface area contributed by atoms with Crippen LogP contribution in [0.4, 0.5) is 0 Å². The van der Waals surface area contributed by atoms with Crippen LogP contribution in [0, 0.1) is 0 Å². The van der Waals surface area contributed by atoms with Gasteiger partial charge in [0.1, 0.15) is 12.1 Å². The molecule has 1 aliphatic rings. The zero-order chi connectivity index (χ0) is 15.9. The molecule has 22 heavy (non-hydrogen) atoms. The zero-order valence-corrected chi connectivity index (χ0v) is 12.8. The Labute approximate surface area is 130 Å². The van der Waals surface area contributed by atoms with Crippen molar-refractivity contribution < 1.29 is 14.3 Å². The van der Waals surface area contributed by atoms with Gasteiger partial charge in [0.25, 0.3) is 0 Å². The molecule has 0 radical (unpaired) electrons. The van der Waals surface area contributed by atoms with Crippen molar-refractivity contribution in [3.8, 4) is 0 Å². The molecule has 0 saturated carbocycles. The van der Waals surface area contributed by atoms with E-state index in [1.807, 2.05) is 35.2 Å². The van der Waals surface area contributed by atoms with E-state index in [9.17, 15) is 9.59 Å². The number of ether oxygens (including phenoxy) is 1. The summed E-state index contributed by atoms with van der Waals surface area (Å²) in [6.45, 7) is 4.71. The summed E-state index contributed by atoms with van der Waals surface area (Å²) in [6, 6.07) is 8.65. The molecule has 0 aromatic heterocycles. The number of benzene rings is 1. The van der Waals surface area contributed by atoms with Gasteiger partial charge in [0.2, 0.25) is 5.91 Å². The smallest absolute Gasteiger partial charge is 0.323 e. The second-order valence-corrected chi connectivity index (χ2v) is 5.27. The van der Waals surface area contributed by atoms with Gasteiger partial charge < -0.3 is 10.1 Å².